The van der Waals surface area contributed by atoms with Crippen molar-refractivity contribution in [1.29, 1.82) is 0 Å². The summed E-state index contributed by atoms with van der Waals surface area (Å²) in [4.78, 5) is 2.13. The third-order valence-corrected chi connectivity index (χ3v) is 6.51. The van der Waals surface area contributed by atoms with Crippen LogP contribution in [-0.4, -0.2) is 75.3 Å². The van der Waals surface area contributed by atoms with Gasteiger partial charge in [0, 0.05) is 42.8 Å². The van der Waals surface area contributed by atoms with Crippen LogP contribution in [0, 0.1) is 5.92 Å². The molecule has 0 aliphatic carbocycles. The Morgan fingerprint density at radius 3 is 2.89 bits per heavy atom. The smallest absolute Gasteiger partial charge is 0.164 e. The fourth-order valence-corrected chi connectivity index (χ4v) is 5.74. The number of sulfone groups is 1. The molecule has 2 aliphatic rings. The number of nitrogens with zero attached hydrogens (tertiary/aromatic N) is 1. The van der Waals surface area contributed by atoms with Gasteiger partial charge in [-0.05, 0) is 6.54 Å². The molecule has 0 radical (unpaired) electrons. The molecule has 0 saturated carbocycles. The molecule has 0 amide bonds. The van der Waals surface area contributed by atoms with E-state index in [1.807, 2.05) is 0 Å². The van der Waals surface area contributed by atoms with Crippen molar-refractivity contribution < 1.29 is 13.2 Å². The second-order valence-corrected chi connectivity index (χ2v) is 8.67. The summed E-state index contributed by atoms with van der Waals surface area (Å²) >= 11 is 1.73. The molecular formula is C12H24N2O3S2. The summed E-state index contributed by atoms with van der Waals surface area (Å²) in [6.07, 6.45) is 1.35. The van der Waals surface area contributed by atoms with Crippen molar-refractivity contribution in [1.82, 2.24) is 10.2 Å². The molecule has 0 aromatic heterocycles. The molecule has 0 aromatic rings. The van der Waals surface area contributed by atoms with Gasteiger partial charge in [-0.1, -0.05) is 6.92 Å². The fraction of sp³-hybridized carbons (Fsp3) is 1.00. The lowest BCUT2D eigenvalue weighted by Gasteiger charge is -2.36. The van der Waals surface area contributed by atoms with Crippen molar-refractivity contribution in [2.24, 2.45) is 5.92 Å². The van der Waals surface area contributed by atoms with Gasteiger partial charge < -0.3 is 10.1 Å². The third kappa shape index (κ3) is 4.07. The SMILES string of the molecule is CCNC1COCC1CN1CCSCC1S(C)(=O)=O. The first-order chi connectivity index (χ1) is 9.02. The van der Waals surface area contributed by atoms with Crippen molar-refractivity contribution in [3.8, 4) is 0 Å². The zero-order chi connectivity index (χ0) is 13.9. The fourth-order valence-electron chi connectivity index (χ4n) is 2.79. The van der Waals surface area contributed by atoms with E-state index >= 15 is 0 Å². The minimum atomic E-state index is -3.00. The average Bonchev–Trinajstić information content (AvgIpc) is 2.77. The predicted molar refractivity (Wildman–Crippen MR) is 79.3 cm³/mol. The van der Waals surface area contributed by atoms with Crippen LogP contribution in [0.1, 0.15) is 6.92 Å². The van der Waals surface area contributed by atoms with Crippen molar-refractivity contribution in [3.05, 3.63) is 0 Å². The van der Waals surface area contributed by atoms with E-state index in [2.05, 4.69) is 17.1 Å². The molecule has 19 heavy (non-hydrogen) atoms. The maximum Gasteiger partial charge on any atom is 0.164 e. The second-order valence-electron chi connectivity index (χ2n) is 5.32. The number of ether oxygens (including phenoxy) is 1. The highest BCUT2D eigenvalue weighted by molar-refractivity contribution is 8.00. The highest BCUT2D eigenvalue weighted by Gasteiger charge is 2.35. The maximum atomic E-state index is 11.9. The molecular weight excluding hydrogens is 284 g/mol. The van der Waals surface area contributed by atoms with Crippen LogP contribution in [0.2, 0.25) is 0 Å². The Morgan fingerprint density at radius 2 is 2.21 bits per heavy atom. The van der Waals surface area contributed by atoms with E-state index in [1.54, 1.807) is 11.8 Å². The largest absolute Gasteiger partial charge is 0.379 e. The van der Waals surface area contributed by atoms with Gasteiger partial charge in [0.2, 0.25) is 0 Å². The molecule has 2 heterocycles. The molecule has 3 atom stereocenters. The lowest BCUT2D eigenvalue weighted by atomic mass is 10.0. The summed E-state index contributed by atoms with van der Waals surface area (Å²) in [5.74, 6) is 2.11. The van der Waals surface area contributed by atoms with Crippen LogP contribution in [0.3, 0.4) is 0 Å². The van der Waals surface area contributed by atoms with Crippen LogP contribution >= 0.6 is 11.8 Å². The summed E-state index contributed by atoms with van der Waals surface area (Å²) < 4.78 is 29.3. The Balaban J connectivity index is 1.99. The van der Waals surface area contributed by atoms with Crippen LogP contribution in [0.4, 0.5) is 0 Å². The summed E-state index contributed by atoms with van der Waals surface area (Å²) in [6, 6.07) is 0.361. The van der Waals surface area contributed by atoms with Crippen LogP contribution in [0.5, 0.6) is 0 Å². The molecule has 1 N–H and O–H groups in total. The zero-order valence-electron chi connectivity index (χ0n) is 11.7. The van der Waals surface area contributed by atoms with E-state index in [9.17, 15) is 8.42 Å². The zero-order valence-corrected chi connectivity index (χ0v) is 13.3. The Hall–Kier alpha value is 0.180. The second kappa shape index (κ2) is 6.76. The number of hydrogen-bond donors (Lipinski definition) is 1. The quantitative estimate of drug-likeness (QED) is 0.773. The first kappa shape index (κ1) is 15.6. The van der Waals surface area contributed by atoms with Crippen molar-refractivity contribution >= 4 is 21.6 Å². The van der Waals surface area contributed by atoms with E-state index in [0.29, 0.717) is 17.7 Å². The molecule has 3 unspecified atom stereocenters. The molecule has 2 saturated heterocycles. The minimum Gasteiger partial charge on any atom is -0.379 e. The van der Waals surface area contributed by atoms with E-state index in [4.69, 9.17) is 4.74 Å². The molecule has 112 valence electrons. The summed E-state index contributed by atoms with van der Waals surface area (Å²) in [5.41, 5.74) is 0. The van der Waals surface area contributed by atoms with Crippen LogP contribution in [-0.2, 0) is 14.6 Å². The highest BCUT2D eigenvalue weighted by Crippen LogP contribution is 2.24. The lowest BCUT2D eigenvalue weighted by Crippen LogP contribution is -2.51. The first-order valence-electron chi connectivity index (χ1n) is 6.84. The van der Waals surface area contributed by atoms with Crippen LogP contribution in [0.15, 0.2) is 0 Å². The van der Waals surface area contributed by atoms with Gasteiger partial charge in [-0.25, -0.2) is 8.42 Å². The molecule has 7 heteroatoms. The number of nitrogens with one attached hydrogen (secondary N) is 1. The topological polar surface area (TPSA) is 58.6 Å². The number of rotatable bonds is 5. The third-order valence-electron chi connectivity index (χ3n) is 3.82. The molecule has 2 aliphatic heterocycles. The Bertz CT molecular complexity index is 388. The van der Waals surface area contributed by atoms with Gasteiger partial charge in [0.25, 0.3) is 0 Å². The number of hydrogen-bond acceptors (Lipinski definition) is 6. The van der Waals surface area contributed by atoms with Gasteiger partial charge >= 0.3 is 0 Å². The molecule has 5 nitrogen and oxygen atoms in total. The van der Waals surface area contributed by atoms with Crippen molar-refractivity contribution in [2.45, 2.75) is 18.3 Å². The van der Waals surface area contributed by atoms with Gasteiger partial charge in [0.1, 0.15) is 5.37 Å². The van der Waals surface area contributed by atoms with Gasteiger partial charge in [-0.2, -0.15) is 11.8 Å². The molecule has 0 aromatic carbocycles. The van der Waals surface area contributed by atoms with E-state index in [0.717, 1.165) is 38.6 Å². The normalized spacial score (nSPS) is 33.7. The maximum absolute atomic E-state index is 11.9. The Morgan fingerprint density at radius 1 is 1.42 bits per heavy atom. The average molecular weight is 308 g/mol. The van der Waals surface area contributed by atoms with E-state index < -0.39 is 9.84 Å². The van der Waals surface area contributed by atoms with Gasteiger partial charge in [-0.3, -0.25) is 4.90 Å². The van der Waals surface area contributed by atoms with Gasteiger partial charge in [0.05, 0.1) is 13.2 Å². The summed E-state index contributed by atoms with van der Waals surface area (Å²) in [7, 11) is -3.00. The van der Waals surface area contributed by atoms with Crippen molar-refractivity contribution in [2.75, 3.05) is 50.6 Å². The summed E-state index contributed by atoms with van der Waals surface area (Å²) in [6.45, 7) is 6.16. The molecule has 2 rings (SSSR count). The van der Waals surface area contributed by atoms with E-state index in [1.165, 1.54) is 6.26 Å². The first-order valence-corrected chi connectivity index (χ1v) is 9.95. The van der Waals surface area contributed by atoms with E-state index in [-0.39, 0.29) is 5.37 Å². The molecule has 0 spiro atoms. The number of thioether (sulfide) groups is 1. The minimum absolute atomic E-state index is 0.325. The van der Waals surface area contributed by atoms with Gasteiger partial charge in [-0.15, -0.1) is 0 Å². The Labute approximate surface area is 120 Å². The van der Waals surface area contributed by atoms with Crippen LogP contribution < -0.4 is 5.32 Å². The monoisotopic (exact) mass is 308 g/mol. The molecule has 0 bridgehead atoms. The lowest BCUT2D eigenvalue weighted by molar-refractivity contribution is 0.165. The predicted octanol–water partition coefficient (Wildman–Crippen LogP) is 0.0304. The van der Waals surface area contributed by atoms with Crippen molar-refractivity contribution in [3.63, 3.8) is 0 Å². The highest BCUT2D eigenvalue weighted by atomic mass is 32.2. The summed E-state index contributed by atoms with van der Waals surface area (Å²) in [5, 5.41) is 3.11. The van der Waals surface area contributed by atoms with Gasteiger partial charge in [0.15, 0.2) is 9.84 Å². The number of likely N-dealkylation sites (N-methyl/N-ethyl adjacent to an activating group) is 1. The Kier molecular flexibility index (Phi) is 5.54. The molecule has 2 fully saturated rings. The van der Waals surface area contributed by atoms with Crippen LogP contribution in [0.25, 0.3) is 0 Å². The standard InChI is InChI=1S/C12H24N2O3S2/c1-3-13-11-8-17-7-10(11)6-14-4-5-18-9-12(14)19(2,15)16/h10-13H,3-9H2,1-2H3.